The summed E-state index contributed by atoms with van der Waals surface area (Å²) in [5, 5.41) is 8.79. The number of benzene rings is 4. The lowest BCUT2D eigenvalue weighted by Gasteiger charge is -2.11. The maximum absolute atomic E-state index is 12.7. The Hall–Kier alpha value is -3.76. The third kappa shape index (κ3) is 6.27. The van der Waals surface area contributed by atoms with Crippen molar-refractivity contribution >= 4 is 69.0 Å². The van der Waals surface area contributed by atoms with Gasteiger partial charge < -0.3 is 10.1 Å². The van der Waals surface area contributed by atoms with Crippen LogP contribution >= 0.6 is 34.2 Å². The fourth-order valence-electron chi connectivity index (χ4n) is 3.35. The van der Waals surface area contributed by atoms with Crippen LogP contribution in [0.1, 0.15) is 26.3 Å². The summed E-state index contributed by atoms with van der Waals surface area (Å²) < 4.78 is 6.41. The first kappa shape index (κ1) is 25.3. The van der Waals surface area contributed by atoms with Crippen molar-refractivity contribution in [2.45, 2.75) is 0 Å². The van der Waals surface area contributed by atoms with E-state index in [0.717, 1.165) is 14.3 Å². The molecule has 0 aliphatic heterocycles. The summed E-state index contributed by atoms with van der Waals surface area (Å²) in [5.74, 6) is -1.15. The van der Waals surface area contributed by atoms with E-state index in [-0.39, 0.29) is 18.2 Å². The fraction of sp³-hybridized carbons (Fsp3) is 0.0370. The van der Waals surface area contributed by atoms with Gasteiger partial charge in [0.25, 0.3) is 11.8 Å². The standard InChI is InChI=1S/C27H19ClIN3O4/c28-19-12-9-18(10-13-19)27(35)36-24-14-11-17-5-1-2-6-20(17)22(24)15-31-32-25(33)16-30-26(34)21-7-3-4-8-23(21)29/h1-15H,16H2,(H,30,34)(H,32,33)/b31-15+. The van der Waals surface area contributed by atoms with Gasteiger partial charge in [-0.3, -0.25) is 9.59 Å². The van der Waals surface area contributed by atoms with E-state index in [1.807, 2.05) is 36.4 Å². The summed E-state index contributed by atoms with van der Waals surface area (Å²) >= 11 is 7.96. The van der Waals surface area contributed by atoms with E-state index in [0.29, 0.717) is 21.7 Å². The Morgan fingerprint density at radius 2 is 1.64 bits per heavy atom. The van der Waals surface area contributed by atoms with Gasteiger partial charge in [0.1, 0.15) is 5.75 Å². The fourth-order valence-corrected chi connectivity index (χ4v) is 4.11. The highest BCUT2D eigenvalue weighted by atomic mass is 127. The first-order valence-electron chi connectivity index (χ1n) is 10.8. The van der Waals surface area contributed by atoms with Crippen LogP contribution in [0.3, 0.4) is 0 Å². The van der Waals surface area contributed by atoms with Crippen LogP contribution in [-0.2, 0) is 4.79 Å². The van der Waals surface area contributed by atoms with Gasteiger partial charge in [0, 0.05) is 14.2 Å². The zero-order valence-electron chi connectivity index (χ0n) is 18.7. The molecule has 0 bridgehead atoms. The molecule has 0 saturated heterocycles. The summed E-state index contributed by atoms with van der Waals surface area (Å²) in [5.41, 5.74) is 3.73. The van der Waals surface area contributed by atoms with Crippen molar-refractivity contribution < 1.29 is 19.1 Å². The zero-order valence-corrected chi connectivity index (χ0v) is 21.6. The van der Waals surface area contributed by atoms with Crippen molar-refractivity contribution in [1.29, 1.82) is 0 Å². The first-order valence-corrected chi connectivity index (χ1v) is 12.2. The lowest BCUT2D eigenvalue weighted by atomic mass is 10.0. The Kier molecular flexibility index (Phi) is 8.29. The summed E-state index contributed by atoms with van der Waals surface area (Å²) in [4.78, 5) is 37.2. The third-order valence-electron chi connectivity index (χ3n) is 5.12. The Bertz CT molecular complexity index is 1470. The molecule has 180 valence electrons. The zero-order chi connectivity index (χ0) is 25.5. The number of nitrogens with one attached hydrogen (secondary N) is 2. The number of rotatable bonds is 7. The molecule has 0 unspecified atom stereocenters. The molecular weight excluding hydrogens is 593 g/mol. The van der Waals surface area contributed by atoms with Crippen LogP contribution in [0, 0.1) is 3.57 Å². The molecule has 0 aromatic heterocycles. The number of halogens is 2. The van der Waals surface area contributed by atoms with E-state index in [9.17, 15) is 14.4 Å². The lowest BCUT2D eigenvalue weighted by molar-refractivity contribution is -0.120. The topological polar surface area (TPSA) is 96.9 Å². The van der Waals surface area contributed by atoms with E-state index < -0.39 is 11.9 Å². The van der Waals surface area contributed by atoms with Gasteiger partial charge in [0.05, 0.1) is 23.9 Å². The molecule has 0 aliphatic carbocycles. The van der Waals surface area contributed by atoms with Gasteiger partial charge in [-0.15, -0.1) is 0 Å². The van der Waals surface area contributed by atoms with Gasteiger partial charge in [-0.2, -0.15) is 5.10 Å². The van der Waals surface area contributed by atoms with E-state index in [2.05, 4.69) is 38.4 Å². The molecule has 0 radical (unpaired) electrons. The second-order valence-corrected chi connectivity index (χ2v) is 9.15. The van der Waals surface area contributed by atoms with Crippen molar-refractivity contribution in [1.82, 2.24) is 10.7 Å². The Labute approximate surface area is 225 Å². The number of ether oxygens (including phenoxy) is 1. The summed E-state index contributed by atoms with van der Waals surface area (Å²) in [6.07, 6.45) is 1.41. The van der Waals surface area contributed by atoms with E-state index in [1.165, 1.54) is 6.21 Å². The molecule has 0 spiro atoms. The maximum Gasteiger partial charge on any atom is 0.343 e. The second-order valence-electron chi connectivity index (χ2n) is 7.55. The molecule has 0 fully saturated rings. The van der Waals surface area contributed by atoms with E-state index in [1.54, 1.807) is 48.5 Å². The van der Waals surface area contributed by atoms with E-state index >= 15 is 0 Å². The first-order chi connectivity index (χ1) is 17.4. The van der Waals surface area contributed by atoms with Crippen LogP contribution in [0.15, 0.2) is 90.0 Å². The van der Waals surface area contributed by atoms with Gasteiger partial charge in [-0.05, 0) is 75.8 Å². The van der Waals surface area contributed by atoms with Crippen LogP contribution in [0.4, 0.5) is 0 Å². The number of esters is 1. The van der Waals surface area contributed by atoms with E-state index in [4.69, 9.17) is 16.3 Å². The number of hydrogen-bond donors (Lipinski definition) is 2. The molecule has 2 amide bonds. The van der Waals surface area contributed by atoms with Crippen LogP contribution < -0.4 is 15.5 Å². The van der Waals surface area contributed by atoms with Gasteiger partial charge in [0.2, 0.25) is 0 Å². The second kappa shape index (κ2) is 11.8. The van der Waals surface area contributed by atoms with Crippen molar-refractivity contribution in [3.63, 3.8) is 0 Å². The van der Waals surface area contributed by atoms with Crippen LogP contribution in [0.2, 0.25) is 5.02 Å². The predicted octanol–water partition coefficient (Wildman–Crippen LogP) is 5.20. The van der Waals surface area contributed by atoms with Crippen LogP contribution in [0.5, 0.6) is 5.75 Å². The largest absolute Gasteiger partial charge is 0.422 e. The number of carbonyl (C=O) groups is 3. The predicted molar refractivity (Wildman–Crippen MR) is 148 cm³/mol. The number of nitrogens with zero attached hydrogens (tertiary/aromatic N) is 1. The minimum Gasteiger partial charge on any atom is -0.422 e. The minimum atomic E-state index is -0.557. The summed E-state index contributed by atoms with van der Waals surface area (Å²) in [6, 6.07) is 24.4. The number of amides is 2. The molecule has 0 atom stereocenters. The molecule has 0 saturated carbocycles. The molecule has 2 N–H and O–H groups in total. The van der Waals surface area contributed by atoms with Crippen molar-refractivity contribution in [2.24, 2.45) is 5.10 Å². The van der Waals surface area contributed by atoms with Crippen LogP contribution in [0.25, 0.3) is 10.8 Å². The molecule has 36 heavy (non-hydrogen) atoms. The Balaban J connectivity index is 1.47. The van der Waals surface area contributed by atoms with Gasteiger partial charge in [0.15, 0.2) is 0 Å². The van der Waals surface area contributed by atoms with Crippen molar-refractivity contribution in [3.8, 4) is 5.75 Å². The smallest absolute Gasteiger partial charge is 0.343 e. The highest BCUT2D eigenvalue weighted by molar-refractivity contribution is 14.1. The van der Waals surface area contributed by atoms with Gasteiger partial charge in [-0.25, -0.2) is 10.2 Å². The monoisotopic (exact) mass is 611 g/mol. The summed E-state index contributed by atoms with van der Waals surface area (Å²) in [7, 11) is 0. The Morgan fingerprint density at radius 3 is 2.42 bits per heavy atom. The number of hydrogen-bond acceptors (Lipinski definition) is 5. The van der Waals surface area contributed by atoms with Crippen molar-refractivity contribution in [3.05, 3.63) is 110 Å². The SMILES string of the molecule is O=C(CNC(=O)c1ccccc1I)N/N=C/c1c(OC(=O)c2ccc(Cl)cc2)ccc2ccccc12. The number of fused-ring (bicyclic) bond motifs is 1. The lowest BCUT2D eigenvalue weighted by Crippen LogP contribution is -2.35. The molecule has 9 heteroatoms. The quantitative estimate of drug-likeness (QED) is 0.0988. The van der Waals surface area contributed by atoms with Crippen LogP contribution in [-0.4, -0.2) is 30.5 Å². The normalized spacial score (nSPS) is 10.8. The third-order valence-corrected chi connectivity index (χ3v) is 6.32. The van der Waals surface area contributed by atoms with Gasteiger partial charge in [-0.1, -0.05) is 54.1 Å². The molecule has 4 aromatic rings. The molecular formula is C27H19ClIN3O4. The number of carbonyl (C=O) groups excluding carboxylic acids is 3. The average molecular weight is 612 g/mol. The molecule has 0 aliphatic rings. The Morgan fingerprint density at radius 1 is 0.917 bits per heavy atom. The van der Waals surface area contributed by atoms with Gasteiger partial charge >= 0.3 is 5.97 Å². The maximum atomic E-state index is 12.7. The van der Waals surface area contributed by atoms with Crippen molar-refractivity contribution in [2.75, 3.05) is 6.54 Å². The number of hydrazone groups is 1. The highest BCUT2D eigenvalue weighted by Gasteiger charge is 2.14. The molecule has 7 nitrogen and oxygen atoms in total. The highest BCUT2D eigenvalue weighted by Crippen LogP contribution is 2.27. The molecule has 4 aromatic carbocycles. The minimum absolute atomic E-state index is 0.255. The molecule has 0 heterocycles. The summed E-state index contributed by atoms with van der Waals surface area (Å²) in [6.45, 7) is -0.255. The average Bonchev–Trinajstić information content (AvgIpc) is 2.89. The molecule has 4 rings (SSSR count).